The van der Waals surface area contributed by atoms with E-state index >= 15 is 0 Å². The molecule has 8 heteroatoms. The average molecular weight is 225 g/mol. The molecule has 1 aromatic heterocycles. The number of non-ortho nitro benzene ring substituents is 1. The number of nitro benzene ring substituents is 1. The zero-order chi connectivity index (χ0) is 10.8. The summed E-state index contributed by atoms with van der Waals surface area (Å²) in [6.45, 7) is 0. The first-order valence-corrected chi connectivity index (χ1v) is 4.19. The second-order valence-corrected chi connectivity index (χ2v) is 3.03. The van der Waals surface area contributed by atoms with E-state index in [9.17, 15) is 10.1 Å². The Balaban J connectivity index is 2.55. The molecule has 1 heterocycles. The van der Waals surface area contributed by atoms with Crippen LogP contribution in [0, 0.1) is 10.1 Å². The van der Waals surface area contributed by atoms with E-state index in [0.29, 0.717) is 10.6 Å². The summed E-state index contributed by atoms with van der Waals surface area (Å²) in [5, 5.41) is 24.5. The van der Waals surface area contributed by atoms with Gasteiger partial charge in [0.1, 0.15) is 0 Å². The van der Waals surface area contributed by atoms with Gasteiger partial charge < -0.3 is 5.10 Å². The third-order valence-electron chi connectivity index (χ3n) is 1.72. The van der Waals surface area contributed by atoms with Crippen molar-refractivity contribution in [3.8, 4) is 11.4 Å². The Morgan fingerprint density at radius 2 is 2.27 bits per heavy atom. The van der Waals surface area contributed by atoms with Crippen molar-refractivity contribution in [1.82, 2.24) is 20.6 Å². The first-order chi connectivity index (χ1) is 7.18. The molecule has 0 unspecified atom stereocenters. The van der Waals surface area contributed by atoms with Crippen LogP contribution in [0.1, 0.15) is 0 Å². The number of tetrazole rings is 1. The van der Waals surface area contributed by atoms with Crippen LogP contribution in [0.2, 0.25) is 5.02 Å². The minimum absolute atomic E-state index is 0.0841. The summed E-state index contributed by atoms with van der Waals surface area (Å²) in [6.07, 6.45) is 0. The number of benzene rings is 1. The van der Waals surface area contributed by atoms with Crippen LogP contribution in [0.4, 0.5) is 5.69 Å². The molecule has 0 aliphatic carbocycles. The molecule has 2 aromatic rings. The summed E-state index contributed by atoms with van der Waals surface area (Å²) in [5.41, 5.74) is 0.259. The van der Waals surface area contributed by atoms with Gasteiger partial charge in [-0.15, -0.1) is 0 Å². The monoisotopic (exact) mass is 224 g/mol. The lowest BCUT2D eigenvalue weighted by Gasteiger charge is -2.02. The topological polar surface area (TPSA) is 95.9 Å². The Kier molecular flexibility index (Phi) is 2.30. The van der Waals surface area contributed by atoms with Gasteiger partial charge in [-0.2, -0.15) is 5.21 Å². The standard InChI is InChI=1S/C7H3ClN5O2/c8-6-2-1-4(13(14)15)3-5(6)7-9-11-12-10-7/h1-3H/q-1. The molecule has 0 aliphatic heterocycles. The van der Waals surface area contributed by atoms with Gasteiger partial charge in [0, 0.05) is 28.5 Å². The molecule has 0 spiro atoms. The number of nitro groups is 1. The third kappa shape index (κ3) is 1.77. The Labute approximate surface area is 88.2 Å². The predicted octanol–water partition coefficient (Wildman–Crippen LogP) is 1.06. The first-order valence-electron chi connectivity index (χ1n) is 3.81. The fourth-order valence-corrected chi connectivity index (χ4v) is 1.25. The largest absolute Gasteiger partial charge is 0.330 e. The van der Waals surface area contributed by atoms with Crippen molar-refractivity contribution in [3.63, 3.8) is 0 Å². The second-order valence-electron chi connectivity index (χ2n) is 2.62. The SMILES string of the molecule is O=[N+]([O-])c1ccc(Cl)c(-c2nnn[n-]2)c1. The van der Waals surface area contributed by atoms with Gasteiger partial charge in [-0.25, -0.2) is 0 Å². The van der Waals surface area contributed by atoms with E-state index in [4.69, 9.17) is 11.6 Å². The smallest absolute Gasteiger partial charge is 0.270 e. The molecular weight excluding hydrogens is 222 g/mol. The van der Waals surface area contributed by atoms with Crippen LogP contribution in [-0.4, -0.2) is 20.4 Å². The van der Waals surface area contributed by atoms with Crippen LogP contribution in [0.25, 0.3) is 11.4 Å². The van der Waals surface area contributed by atoms with Crippen LogP contribution < -0.4 is 5.10 Å². The molecule has 0 radical (unpaired) electrons. The van der Waals surface area contributed by atoms with Gasteiger partial charge in [-0.1, -0.05) is 11.6 Å². The van der Waals surface area contributed by atoms with Crippen molar-refractivity contribution in [2.75, 3.05) is 0 Å². The number of hydrogen-bond donors (Lipinski definition) is 0. The Morgan fingerprint density at radius 3 is 2.87 bits per heavy atom. The maximum absolute atomic E-state index is 10.5. The highest BCUT2D eigenvalue weighted by Gasteiger charge is 2.10. The molecule has 76 valence electrons. The zero-order valence-electron chi connectivity index (χ0n) is 7.16. The van der Waals surface area contributed by atoms with E-state index in [-0.39, 0.29) is 11.5 Å². The number of rotatable bonds is 2. The highest BCUT2D eigenvalue weighted by Crippen LogP contribution is 2.28. The molecule has 0 atom stereocenters. The van der Waals surface area contributed by atoms with Gasteiger partial charge in [0.25, 0.3) is 5.69 Å². The van der Waals surface area contributed by atoms with E-state index in [1.54, 1.807) is 0 Å². The molecule has 0 bridgehead atoms. The summed E-state index contributed by atoms with van der Waals surface area (Å²) < 4.78 is 0. The summed E-state index contributed by atoms with van der Waals surface area (Å²) in [7, 11) is 0. The van der Waals surface area contributed by atoms with E-state index in [1.807, 2.05) is 0 Å². The van der Waals surface area contributed by atoms with Crippen molar-refractivity contribution < 1.29 is 4.92 Å². The fraction of sp³-hybridized carbons (Fsp3) is 0. The summed E-state index contributed by atoms with van der Waals surface area (Å²) in [6, 6.07) is 3.99. The van der Waals surface area contributed by atoms with Crippen molar-refractivity contribution in [1.29, 1.82) is 0 Å². The molecule has 0 saturated carbocycles. The normalized spacial score (nSPS) is 10.2. The molecule has 7 nitrogen and oxygen atoms in total. The maximum atomic E-state index is 10.5. The van der Waals surface area contributed by atoms with Crippen LogP contribution in [-0.2, 0) is 0 Å². The van der Waals surface area contributed by atoms with Gasteiger partial charge in [0.15, 0.2) is 0 Å². The van der Waals surface area contributed by atoms with Gasteiger partial charge in [0.05, 0.1) is 4.92 Å². The second kappa shape index (κ2) is 3.62. The highest BCUT2D eigenvalue weighted by molar-refractivity contribution is 6.33. The van der Waals surface area contributed by atoms with Crippen molar-refractivity contribution >= 4 is 17.3 Å². The minimum Gasteiger partial charge on any atom is -0.330 e. The van der Waals surface area contributed by atoms with Crippen LogP contribution in [0.3, 0.4) is 0 Å². The number of hydrogen-bond acceptors (Lipinski definition) is 5. The van der Waals surface area contributed by atoms with Crippen molar-refractivity contribution in [2.45, 2.75) is 0 Å². The molecule has 0 aliphatic rings. The quantitative estimate of drug-likeness (QED) is 0.559. The van der Waals surface area contributed by atoms with E-state index in [0.717, 1.165) is 0 Å². The van der Waals surface area contributed by atoms with Gasteiger partial charge in [-0.05, 0) is 6.07 Å². The van der Waals surface area contributed by atoms with E-state index < -0.39 is 4.92 Å². The Bertz CT molecular complexity index is 498. The predicted molar refractivity (Wildman–Crippen MR) is 50.2 cm³/mol. The first kappa shape index (κ1) is 9.53. The fourth-order valence-electron chi connectivity index (χ4n) is 1.05. The molecule has 0 N–H and O–H groups in total. The molecule has 0 fully saturated rings. The Hall–Kier alpha value is -2.02. The number of halogens is 1. The molecule has 0 amide bonds. The maximum Gasteiger partial charge on any atom is 0.270 e. The highest BCUT2D eigenvalue weighted by atomic mass is 35.5. The van der Waals surface area contributed by atoms with E-state index in [2.05, 4.69) is 20.6 Å². The van der Waals surface area contributed by atoms with Crippen molar-refractivity contribution in [3.05, 3.63) is 33.3 Å². The molecule has 0 saturated heterocycles. The summed E-state index contributed by atoms with van der Waals surface area (Å²) >= 11 is 5.83. The Morgan fingerprint density at radius 1 is 1.47 bits per heavy atom. The minimum atomic E-state index is -0.524. The van der Waals surface area contributed by atoms with Crippen molar-refractivity contribution in [2.24, 2.45) is 0 Å². The average Bonchev–Trinajstić information content (AvgIpc) is 2.71. The van der Waals surface area contributed by atoms with Crippen LogP contribution >= 0.6 is 11.6 Å². The zero-order valence-corrected chi connectivity index (χ0v) is 7.92. The number of aromatic nitrogens is 4. The number of nitrogens with zero attached hydrogens (tertiary/aromatic N) is 5. The van der Waals surface area contributed by atoms with Gasteiger partial charge in [-0.3, -0.25) is 20.4 Å². The third-order valence-corrected chi connectivity index (χ3v) is 2.05. The summed E-state index contributed by atoms with van der Waals surface area (Å²) in [5.74, 6) is 0.170. The van der Waals surface area contributed by atoms with Crippen LogP contribution in [0.5, 0.6) is 0 Å². The lowest BCUT2D eigenvalue weighted by Crippen LogP contribution is -1.90. The molecular formula is C7H3ClN5O2-. The lowest BCUT2D eigenvalue weighted by atomic mass is 10.2. The summed E-state index contributed by atoms with van der Waals surface area (Å²) in [4.78, 5) is 10.0. The molecule has 15 heavy (non-hydrogen) atoms. The van der Waals surface area contributed by atoms with Gasteiger partial charge in [0.2, 0.25) is 0 Å². The van der Waals surface area contributed by atoms with Crippen LogP contribution in [0.15, 0.2) is 18.2 Å². The lowest BCUT2D eigenvalue weighted by molar-refractivity contribution is -0.384. The van der Waals surface area contributed by atoms with E-state index in [1.165, 1.54) is 18.2 Å². The molecule has 1 aromatic carbocycles. The van der Waals surface area contributed by atoms with Gasteiger partial charge >= 0.3 is 0 Å². The molecule has 2 rings (SSSR count).